The van der Waals surface area contributed by atoms with Crippen molar-refractivity contribution >= 4 is 29.9 Å². The molecule has 4 rings (SSSR count). The van der Waals surface area contributed by atoms with Crippen LogP contribution in [-0.2, 0) is 13.1 Å². The lowest BCUT2D eigenvalue weighted by atomic mass is 10.1. The maximum Gasteiger partial charge on any atom is 0.214 e. The average molecular weight is 532 g/mol. The molecule has 0 spiro atoms. The Morgan fingerprint density at radius 3 is 2.65 bits per heavy atom. The van der Waals surface area contributed by atoms with Gasteiger partial charge in [-0.25, -0.2) is 4.98 Å². The molecule has 0 saturated heterocycles. The molecule has 2 N–H and O–H groups in total. The van der Waals surface area contributed by atoms with Crippen molar-refractivity contribution in [1.82, 2.24) is 15.6 Å². The van der Waals surface area contributed by atoms with Gasteiger partial charge in [-0.15, -0.1) is 24.0 Å². The van der Waals surface area contributed by atoms with Crippen LogP contribution in [0.15, 0.2) is 64.1 Å². The number of hydrogen-bond acceptors (Lipinski definition) is 4. The van der Waals surface area contributed by atoms with E-state index in [2.05, 4.69) is 45.7 Å². The molecule has 0 bridgehead atoms. The summed E-state index contributed by atoms with van der Waals surface area (Å²) in [5, 5.41) is 6.60. The van der Waals surface area contributed by atoms with Crippen LogP contribution in [0.2, 0.25) is 0 Å². The topological polar surface area (TPSA) is 71.7 Å². The molecule has 1 aliphatic rings. The number of ether oxygens (including phenoxy) is 1. The highest BCUT2D eigenvalue weighted by atomic mass is 127. The van der Waals surface area contributed by atoms with Crippen LogP contribution in [-0.4, -0.2) is 24.6 Å². The summed E-state index contributed by atoms with van der Waals surface area (Å²) in [4.78, 5) is 8.65. The average Bonchev–Trinajstić information content (AvgIpc) is 3.49. The van der Waals surface area contributed by atoms with E-state index in [9.17, 15) is 0 Å². The number of halogens is 1. The number of aliphatic imine (C=N–C) groups is 1. The van der Waals surface area contributed by atoms with Crippen LogP contribution in [0.4, 0.5) is 0 Å². The van der Waals surface area contributed by atoms with Gasteiger partial charge in [-0.3, -0.25) is 4.99 Å². The van der Waals surface area contributed by atoms with Crippen molar-refractivity contribution in [2.24, 2.45) is 10.9 Å². The molecule has 0 unspecified atom stereocenters. The highest BCUT2D eigenvalue weighted by Gasteiger charge is 2.22. The fourth-order valence-corrected chi connectivity index (χ4v) is 3.12. The van der Waals surface area contributed by atoms with E-state index in [0.717, 1.165) is 35.2 Å². The third kappa shape index (κ3) is 6.72. The molecule has 1 saturated carbocycles. The van der Waals surface area contributed by atoms with Gasteiger partial charge in [0.1, 0.15) is 5.75 Å². The summed E-state index contributed by atoms with van der Waals surface area (Å²) in [7, 11) is 1.75. The predicted molar refractivity (Wildman–Crippen MR) is 134 cm³/mol. The van der Waals surface area contributed by atoms with Crippen molar-refractivity contribution in [3.05, 3.63) is 71.7 Å². The smallest absolute Gasteiger partial charge is 0.214 e. The third-order valence-electron chi connectivity index (χ3n) is 5.08. The van der Waals surface area contributed by atoms with E-state index in [1.807, 2.05) is 30.3 Å². The summed E-state index contributed by atoms with van der Waals surface area (Å²) in [5.41, 5.74) is 3.33. The molecule has 1 aliphatic carbocycles. The van der Waals surface area contributed by atoms with Crippen molar-refractivity contribution < 1.29 is 9.15 Å². The molecular formula is C24H29IN4O2. The summed E-state index contributed by atoms with van der Waals surface area (Å²) in [6, 6.07) is 16.3. The van der Waals surface area contributed by atoms with Gasteiger partial charge < -0.3 is 19.8 Å². The summed E-state index contributed by atoms with van der Waals surface area (Å²) < 4.78 is 11.9. The number of nitrogens with one attached hydrogen (secondary N) is 2. The van der Waals surface area contributed by atoms with Crippen molar-refractivity contribution in [3.63, 3.8) is 0 Å². The van der Waals surface area contributed by atoms with Gasteiger partial charge in [0.15, 0.2) is 11.7 Å². The van der Waals surface area contributed by atoms with Gasteiger partial charge in [-0.1, -0.05) is 42.5 Å². The zero-order chi connectivity index (χ0) is 20.8. The largest absolute Gasteiger partial charge is 0.493 e. The fourth-order valence-electron chi connectivity index (χ4n) is 3.12. The second-order valence-corrected chi connectivity index (χ2v) is 7.63. The van der Waals surface area contributed by atoms with Gasteiger partial charge in [0.05, 0.1) is 19.3 Å². The molecule has 2 aromatic carbocycles. The quantitative estimate of drug-likeness (QED) is 0.245. The van der Waals surface area contributed by atoms with Gasteiger partial charge in [0, 0.05) is 24.7 Å². The van der Waals surface area contributed by atoms with Crippen LogP contribution >= 0.6 is 24.0 Å². The molecule has 0 aliphatic heterocycles. The maximum atomic E-state index is 6.06. The SMILES string of the molecule is CN=C(NCc1ncc(-c2ccccc2)o1)NCc1ccc(C)cc1OCC1CC1.I. The van der Waals surface area contributed by atoms with E-state index >= 15 is 0 Å². The lowest BCUT2D eigenvalue weighted by Gasteiger charge is -2.15. The van der Waals surface area contributed by atoms with E-state index in [1.54, 1.807) is 13.2 Å². The fraction of sp³-hybridized carbons (Fsp3) is 0.333. The number of oxazole rings is 1. The predicted octanol–water partition coefficient (Wildman–Crippen LogP) is 4.92. The Kier molecular flexibility index (Phi) is 8.34. The van der Waals surface area contributed by atoms with Gasteiger partial charge in [-0.05, 0) is 37.3 Å². The summed E-state index contributed by atoms with van der Waals surface area (Å²) in [6.07, 6.45) is 4.31. The second kappa shape index (κ2) is 11.2. The van der Waals surface area contributed by atoms with E-state index in [-0.39, 0.29) is 24.0 Å². The molecule has 0 radical (unpaired) electrons. The molecule has 0 amide bonds. The van der Waals surface area contributed by atoms with E-state index in [0.29, 0.717) is 24.9 Å². The normalized spacial score (nSPS) is 13.4. The highest BCUT2D eigenvalue weighted by Crippen LogP contribution is 2.30. The van der Waals surface area contributed by atoms with E-state index < -0.39 is 0 Å². The van der Waals surface area contributed by atoms with Crippen molar-refractivity contribution in [2.45, 2.75) is 32.9 Å². The van der Waals surface area contributed by atoms with E-state index in [4.69, 9.17) is 9.15 Å². The van der Waals surface area contributed by atoms with Crippen LogP contribution in [0.3, 0.4) is 0 Å². The zero-order valence-corrected chi connectivity index (χ0v) is 20.3. The van der Waals surface area contributed by atoms with Gasteiger partial charge in [0.25, 0.3) is 0 Å². The van der Waals surface area contributed by atoms with Crippen LogP contribution in [0.5, 0.6) is 5.75 Å². The Hall–Kier alpha value is -2.55. The number of aryl methyl sites for hydroxylation is 1. The number of benzene rings is 2. The third-order valence-corrected chi connectivity index (χ3v) is 5.08. The van der Waals surface area contributed by atoms with Gasteiger partial charge >= 0.3 is 0 Å². The minimum Gasteiger partial charge on any atom is -0.493 e. The minimum absolute atomic E-state index is 0. The van der Waals surface area contributed by atoms with E-state index in [1.165, 1.54) is 18.4 Å². The number of hydrogen-bond donors (Lipinski definition) is 2. The van der Waals surface area contributed by atoms with Crippen molar-refractivity contribution in [3.8, 4) is 17.1 Å². The molecule has 164 valence electrons. The molecule has 6 nitrogen and oxygen atoms in total. The monoisotopic (exact) mass is 532 g/mol. The minimum atomic E-state index is 0. The molecule has 1 fully saturated rings. The molecule has 1 aromatic heterocycles. The van der Waals surface area contributed by atoms with Crippen LogP contribution in [0, 0.1) is 12.8 Å². The van der Waals surface area contributed by atoms with Crippen molar-refractivity contribution in [2.75, 3.05) is 13.7 Å². The molecule has 3 aromatic rings. The zero-order valence-electron chi connectivity index (χ0n) is 17.9. The summed E-state index contributed by atoms with van der Waals surface area (Å²) in [5.74, 6) is 3.73. The lowest BCUT2D eigenvalue weighted by molar-refractivity contribution is 0.296. The highest BCUT2D eigenvalue weighted by molar-refractivity contribution is 14.0. The maximum absolute atomic E-state index is 6.06. The number of rotatable bonds is 8. The molecule has 0 atom stereocenters. The Morgan fingerprint density at radius 2 is 1.90 bits per heavy atom. The van der Waals surface area contributed by atoms with Crippen LogP contribution in [0.25, 0.3) is 11.3 Å². The second-order valence-electron chi connectivity index (χ2n) is 7.63. The van der Waals surface area contributed by atoms with Gasteiger partial charge in [-0.2, -0.15) is 0 Å². The standard InChI is InChI=1S/C24H28N4O2.HI/c1-17-8-11-20(21(12-17)29-16-18-9-10-18)13-27-24(25-2)28-15-23-26-14-22(30-23)19-6-4-3-5-7-19;/h3-8,11-12,14,18H,9-10,13,15-16H2,1-2H3,(H2,25,27,28);1H. The number of aromatic nitrogens is 1. The Morgan fingerprint density at radius 1 is 1.13 bits per heavy atom. The summed E-state index contributed by atoms with van der Waals surface area (Å²) in [6.45, 7) is 3.96. The van der Waals surface area contributed by atoms with Crippen molar-refractivity contribution in [1.29, 1.82) is 0 Å². The van der Waals surface area contributed by atoms with Crippen LogP contribution in [0.1, 0.15) is 29.9 Å². The molecular weight excluding hydrogens is 503 g/mol. The first-order chi connectivity index (χ1) is 14.7. The summed E-state index contributed by atoms with van der Waals surface area (Å²) >= 11 is 0. The molecule has 7 heteroatoms. The first-order valence-corrected chi connectivity index (χ1v) is 10.4. The van der Waals surface area contributed by atoms with Crippen LogP contribution < -0.4 is 15.4 Å². The molecule has 31 heavy (non-hydrogen) atoms. The lowest BCUT2D eigenvalue weighted by Crippen LogP contribution is -2.36. The number of guanidine groups is 1. The van der Waals surface area contributed by atoms with Gasteiger partial charge in [0.2, 0.25) is 5.89 Å². The Balaban J connectivity index is 0.00000272. The number of nitrogens with zero attached hydrogens (tertiary/aromatic N) is 2. The Bertz CT molecular complexity index is 1000. The first-order valence-electron chi connectivity index (χ1n) is 10.4. The Labute approximate surface area is 200 Å². The molecule has 1 heterocycles. The first kappa shape index (κ1) is 23.1.